The minimum Gasteiger partial charge on any atom is -0.456 e. The van der Waals surface area contributed by atoms with Gasteiger partial charge in [-0.25, -0.2) is 0 Å². The van der Waals surface area contributed by atoms with Gasteiger partial charge in [0.15, 0.2) is 6.61 Å². The maximum atomic E-state index is 12.7. The molecule has 29 heavy (non-hydrogen) atoms. The molecule has 0 bridgehead atoms. The minimum absolute atomic E-state index is 0.206. The molecule has 1 aromatic heterocycles. The number of thiophene rings is 1. The second-order valence-corrected chi connectivity index (χ2v) is 8.45. The van der Waals surface area contributed by atoms with Crippen LogP contribution in [0.4, 0.5) is 5.00 Å². The first-order chi connectivity index (χ1) is 14.1. The van der Waals surface area contributed by atoms with E-state index in [0.717, 1.165) is 49.0 Å². The van der Waals surface area contributed by atoms with Crippen molar-refractivity contribution in [1.82, 2.24) is 5.32 Å². The van der Waals surface area contributed by atoms with Crippen LogP contribution >= 0.6 is 11.3 Å². The fourth-order valence-electron chi connectivity index (χ4n) is 3.70. The third kappa shape index (κ3) is 5.90. The van der Waals surface area contributed by atoms with Crippen LogP contribution in [0.5, 0.6) is 0 Å². The SMILES string of the molecule is COCCNC(=O)c1c(NC(=O)COC(=O)C[C@@H]2C=CCC2)sc2c1CCCC2. The van der Waals surface area contributed by atoms with Crippen LogP contribution in [0.2, 0.25) is 0 Å². The van der Waals surface area contributed by atoms with Crippen molar-refractivity contribution in [2.45, 2.75) is 44.9 Å². The zero-order valence-corrected chi connectivity index (χ0v) is 17.6. The molecule has 3 rings (SSSR count). The van der Waals surface area contributed by atoms with Gasteiger partial charge in [0.1, 0.15) is 5.00 Å². The van der Waals surface area contributed by atoms with Crippen molar-refractivity contribution in [2.24, 2.45) is 5.92 Å². The van der Waals surface area contributed by atoms with E-state index in [1.54, 1.807) is 7.11 Å². The predicted molar refractivity (Wildman–Crippen MR) is 111 cm³/mol. The molecule has 158 valence electrons. The molecule has 0 saturated heterocycles. The standard InChI is InChI=1S/C21H28N2O5S/c1-27-11-10-22-20(26)19-15-8-4-5-9-16(15)29-21(19)23-17(24)13-28-18(25)12-14-6-2-3-7-14/h2,6,14H,3-5,7-13H2,1H3,(H,22,26)(H,23,24)/t14-/m1/s1. The van der Waals surface area contributed by atoms with Gasteiger partial charge in [0.25, 0.3) is 11.8 Å². The zero-order valence-electron chi connectivity index (χ0n) is 16.8. The lowest BCUT2D eigenvalue weighted by Crippen LogP contribution is -2.29. The topological polar surface area (TPSA) is 93.7 Å². The lowest BCUT2D eigenvalue weighted by molar-refractivity contribution is -0.147. The quantitative estimate of drug-likeness (QED) is 0.364. The van der Waals surface area contributed by atoms with Crippen LogP contribution < -0.4 is 10.6 Å². The number of ether oxygens (including phenoxy) is 2. The molecule has 0 aromatic carbocycles. The summed E-state index contributed by atoms with van der Waals surface area (Å²) in [5.41, 5.74) is 1.56. The average Bonchev–Trinajstić information content (AvgIpc) is 3.33. The molecule has 1 aromatic rings. The van der Waals surface area contributed by atoms with Gasteiger partial charge in [0.2, 0.25) is 0 Å². The molecule has 7 nitrogen and oxygen atoms in total. The predicted octanol–water partition coefficient (Wildman–Crippen LogP) is 2.84. The van der Waals surface area contributed by atoms with Crippen LogP contribution in [-0.4, -0.2) is 44.7 Å². The summed E-state index contributed by atoms with van der Waals surface area (Å²) in [6.07, 6.45) is 10.2. The van der Waals surface area contributed by atoms with E-state index in [1.807, 2.05) is 6.08 Å². The van der Waals surface area contributed by atoms with Crippen LogP contribution in [-0.2, 0) is 31.9 Å². The van der Waals surface area contributed by atoms with Crippen LogP contribution in [0.15, 0.2) is 12.2 Å². The molecule has 1 atom stereocenters. The molecule has 2 N–H and O–H groups in total. The van der Waals surface area contributed by atoms with Gasteiger partial charge in [-0.15, -0.1) is 11.3 Å². The third-order valence-corrected chi connectivity index (χ3v) is 6.36. The number of amides is 2. The van der Waals surface area contributed by atoms with Crippen LogP contribution in [0.3, 0.4) is 0 Å². The molecule has 0 spiro atoms. The number of methoxy groups -OCH3 is 1. The highest BCUT2D eigenvalue weighted by atomic mass is 32.1. The van der Waals surface area contributed by atoms with Crippen molar-refractivity contribution >= 4 is 34.1 Å². The maximum Gasteiger partial charge on any atom is 0.306 e. The second-order valence-electron chi connectivity index (χ2n) is 7.34. The van der Waals surface area contributed by atoms with Crippen molar-refractivity contribution in [3.8, 4) is 0 Å². The van der Waals surface area contributed by atoms with Crippen molar-refractivity contribution < 1.29 is 23.9 Å². The molecule has 8 heteroatoms. The molecule has 2 aliphatic carbocycles. The zero-order chi connectivity index (χ0) is 20.6. The summed E-state index contributed by atoms with van der Waals surface area (Å²) < 4.78 is 10.1. The first kappa shape index (κ1) is 21.5. The summed E-state index contributed by atoms with van der Waals surface area (Å²) in [4.78, 5) is 38.1. The third-order valence-electron chi connectivity index (χ3n) is 5.15. The lowest BCUT2D eigenvalue weighted by atomic mass is 9.95. The molecular formula is C21H28N2O5S. The van der Waals surface area contributed by atoms with Gasteiger partial charge in [0, 0.05) is 18.5 Å². The number of esters is 1. The Morgan fingerprint density at radius 3 is 2.83 bits per heavy atom. The van der Waals surface area contributed by atoms with E-state index in [2.05, 4.69) is 16.7 Å². The van der Waals surface area contributed by atoms with Gasteiger partial charge in [-0.3, -0.25) is 14.4 Å². The van der Waals surface area contributed by atoms with E-state index in [1.165, 1.54) is 11.3 Å². The Bertz CT molecular complexity index is 786. The van der Waals surface area contributed by atoms with Gasteiger partial charge < -0.3 is 20.1 Å². The largest absolute Gasteiger partial charge is 0.456 e. The highest BCUT2D eigenvalue weighted by Gasteiger charge is 2.26. The molecule has 2 aliphatic rings. The van der Waals surface area contributed by atoms with E-state index in [0.29, 0.717) is 30.1 Å². The number of allylic oxidation sites excluding steroid dienone is 2. The van der Waals surface area contributed by atoms with Gasteiger partial charge in [-0.1, -0.05) is 12.2 Å². The number of hydrogen-bond acceptors (Lipinski definition) is 6. The van der Waals surface area contributed by atoms with Crippen LogP contribution in [0.1, 0.15) is 52.9 Å². The summed E-state index contributed by atoms with van der Waals surface area (Å²) in [6, 6.07) is 0. The number of hydrogen-bond donors (Lipinski definition) is 2. The number of fused-ring (bicyclic) bond motifs is 1. The number of carbonyl (C=O) groups is 3. The van der Waals surface area contributed by atoms with Gasteiger partial charge in [-0.2, -0.15) is 0 Å². The van der Waals surface area contributed by atoms with E-state index in [9.17, 15) is 14.4 Å². The Morgan fingerprint density at radius 1 is 1.24 bits per heavy atom. The van der Waals surface area contributed by atoms with Crippen LogP contribution in [0.25, 0.3) is 0 Å². The van der Waals surface area contributed by atoms with Crippen molar-refractivity contribution in [2.75, 3.05) is 32.2 Å². The molecule has 1 heterocycles. The molecule has 0 aliphatic heterocycles. The van der Waals surface area contributed by atoms with Crippen molar-refractivity contribution in [3.63, 3.8) is 0 Å². The number of nitrogens with one attached hydrogen (secondary N) is 2. The van der Waals surface area contributed by atoms with Gasteiger partial charge >= 0.3 is 5.97 Å². The first-order valence-electron chi connectivity index (χ1n) is 10.1. The van der Waals surface area contributed by atoms with E-state index in [4.69, 9.17) is 9.47 Å². The lowest BCUT2D eigenvalue weighted by Gasteiger charge is -2.13. The Morgan fingerprint density at radius 2 is 2.07 bits per heavy atom. The fourth-order valence-corrected chi connectivity index (χ4v) is 5.00. The second kappa shape index (κ2) is 10.5. The smallest absolute Gasteiger partial charge is 0.306 e. The van der Waals surface area contributed by atoms with E-state index >= 15 is 0 Å². The van der Waals surface area contributed by atoms with Crippen molar-refractivity contribution in [1.29, 1.82) is 0 Å². The summed E-state index contributed by atoms with van der Waals surface area (Å²) in [7, 11) is 1.58. The fraction of sp³-hybridized carbons (Fsp3) is 0.571. The van der Waals surface area contributed by atoms with Gasteiger partial charge in [-0.05, 0) is 50.0 Å². The normalized spacial score (nSPS) is 17.6. The maximum absolute atomic E-state index is 12.7. The summed E-state index contributed by atoms with van der Waals surface area (Å²) in [6.45, 7) is 0.481. The highest BCUT2D eigenvalue weighted by molar-refractivity contribution is 7.17. The molecule has 2 amide bonds. The molecule has 0 unspecified atom stereocenters. The molecule has 0 fully saturated rings. The Hall–Kier alpha value is -2.19. The molecule has 0 saturated carbocycles. The Balaban J connectivity index is 1.60. The van der Waals surface area contributed by atoms with Gasteiger partial charge in [0.05, 0.1) is 18.6 Å². The monoisotopic (exact) mass is 420 g/mol. The Kier molecular flexibility index (Phi) is 7.83. The number of anilines is 1. The number of rotatable bonds is 9. The van der Waals surface area contributed by atoms with Crippen molar-refractivity contribution in [3.05, 3.63) is 28.2 Å². The minimum atomic E-state index is -0.426. The average molecular weight is 421 g/mol. The molecular weight excluding hydrogens is 392 g/mol. The number of aryl methyl sites for hydroxylation is 1. The van der Waals surface area contributed by atoms with E-state index in [-0.39, 0.29) is 24.4 Å². The Labute approximate surface area is 174 Å². The first-order valence-corrected chi connectivity index (χ1v) is 10.9. The summed E-state index contributed by atoms with van der Waals surface area (Å²) >= 11 is 1.44. The summed E-state index contributed by atoms with van der Waals surface area (Å²) in [5.74, 6) is -0.802. The molecule has 0 radical (unpaired) electrons. The summed E-state index contributed by atoms with van der Waals surface area (Å²) in [5, 5.41) is 6.16. The van der Waals surface area contributed by atoms with Crippen LogP contribution in [0, 0.1) is 5.92 Å². The number of carbonyl (C=O) groups excluding carboxylic acids is 3. The van der Waals surface area contributed by atoms with E-state index < -0.39 is 5.91 Å². The highest BCUT2D eigenvalue weighted by Crippen LogP contribution is 2.38.